The van der Waals surface area contributed by atoms with Gasteiger partial charge in [-0.2, -0.15) is 0 Å². The lowest BCUT2D eigenvalue weighted by molar-refractivity contribution is 0.0770. The molecule has 1 aromatic rings. The highest BCUT2D eigenvalue weighted by atomic mass is 79.9. The number of rotatable bonds is 1. The Bertz CT molecular complexity index is 469. The monoisotopic (exact) mass is 333 g/mol. The predicted molar refractivity (Wildman–Crippen MR) is 75.2 cm³/mol. The third-order valence-corrected chi connectivity index (χ3v) is 4.89. The van der Waals surface area contributed by atoms with Crippen LogP contribution in [0.15, 0.2) is 27.6 Å². The molecule has 0 spiro atoms. The Hall–Kier alpha value is -0.330. The SMILES string of the molecule is O=C(c1cc(S)ccc1Br)N1CCS(=O)CC1. The van der Waals surface area contributed by atoms with E-state index in [4.69, 9.17) is 0 Å². The van der Waals surface area contributed by atoms with Crippen molar-refractivity contribution in [2.75, 3.05) is 24.6 Å². The van der Waals surface area contributed by atoms with Crippen molar-refractivity contribution < 1.29 is 9.00 Å². The zero-order chi connectivity index (χ0) is 12.4. The predicted octanol–water partition coefficient (Wildman–Crippen LogP) is 1.94. The third-order valence-electron chi connectivity index (χ3n) is 2.65. The third kappa shape index (κ3) is 3.11. The van der Waals surface area contributed by atoms with Crippen molar-refractivity contribution in [3.63, 3.8) is 0 Å². The van der Waals surface area contributed by atoms with Gasteiger partial charge in [-0.15, -0.1) is 12.6 Å². The lowest BCUT2D eigenvalue weighted by atomic mass is 10.2. The lowest BCUT2D eigenvalue weighted by Crippen LogP contribution is -2.41. The number of thiol groups is 1. The van der Waals surface area contributed by atoms with Gasteiger partial charge in [0, 0.05) is 44.8 Å². The smallest absolute Gasteiger partial charge is 0.255 e. The van der Waals surface area contributed by atoms with Gasteiger partial charge in [0.15, 0.2) is 0 Å². The standard InChI is InChI=1S/C11H12BrNO2S2/c12-10-2-1-8(16)7-9(10)11(14)13-3-5-17(15)6-4-13/h1-2,7,16H,3-6H2. The van der Waals surface area contributed by atoms with E-state index in [1.165, 1.54) is 0 Å². The van der Waals surface area contributed by atoms with E-state index in [9.17, 15) is 9.00 Å². The molecule has 1 saturated heterocycles. The first-order chi connectivity index (χ1) is 8.08. The van der Waals surface area contributed by atoms with Crippen LogP contribution in [0.25, 0.3) is 0 Å². The van der Waals surface area contributed by atoms with Crippen LogP contribution in [0.4, 0.5) is 0 Å². The van der Waals surface area contributed by atoms with Gasteiger partial charge in [-0.3, -0.25) is 9.00 Å². The molecule has 92 valence electrons. The Balaban J connectivity index is 2.19. The van der Waals surface area contributed by atoms with Gasteiger partial charge < -0.3 is 4.90 Å². The molecule has 1 aliphatic heterocycles. The Kier molecular flexibility index (Phi) is 4.27. The molecule has 0 N–H and O–H groups in total. The number of amides is 1. The van der Waals surface area contributed by atoms with Gasteiger partial charge in [0.1, 0.15) is 0 Å². The summed E-state index contributed by atoms with van der Waals surface area (Å²) < 4.78 is 12.0. The summed E-state index contributed by atoms with van der Waals surface area (Å²) >= 11 is 7.60. The molecule has 0 aliphatic carbocycles. The van der Waals surface area contributed by atoms with Crippen LogP contribution in [0.1, 0.15) is 10.4 Å². The highest BCUT2D eigenvalue weighted by Gasteiger charge is 2.22. The maximum Gasteiger partial charge on any atom is 0.255 e. The van der Waals surface area contributed by atoms with Gasteiger partial charge >= 0.3 is 0 Å². The largest absolute Gasteiger partial charge is 0.337 e. The molecule has 0 saturated carbocycles. The minimum absolute atomic E-state index is 0.0236. The highest BCUT2D eigenvalue weighted by Crippen LogP contribution is 2.22. The van der Waals surface area contributed by atoms with Crippen LogP contribution in [-0.2, 0) is 10.8 Å². The molecule has 1 amide bonds. The Morgan fingerprint density at radius 1 is 1.35 bits per heavy atom. The number of carbonyl (C=O) groups is 1. The number of hydrogen-bond donors (Lipinski definition) is 1. The van der Waals surface area contributed by atoms with Crippen LogP contribution in [0.2, 0.25) is 0 Å². The maximum absolute atomic E-state index is 12.2. The normalized spacial score (nSPS) is 17.2. The van der Waals surface area contributed by atoms with Crippen molar-refractivity contribution >= 4 is 45.3 Å². The van der Waals surface area contributed by atoms with Crippen LogP contribution in [0, 0.1) is 0 Å². The van der Waals surface area contributed by atoms with Crippen LogP contribution < -0.4 is 0 Å². The van der Waals surface area contributed by atoms with Crippen molar-refractivity contribution in [2.45, 2.75) is 4.90 Å². The summed E-state index contributed by atoms with van der Waals surface area (Å²) in [5.74, 6) is 1.12. The first-order valence-corrected chi connectivity index (χ1v) is 7.93. The topological polar surface area (TPSA) is 37.4 Å². The van der Waals surface area contributed by atoms with Crippen LogP contribution in [0.5, 0.6) is 0 Å². The molecule has 0 aromatic heterocycles. The molecule has 1 aliphatic rings. The number of carbonyl (C=O) groups excluding carboxylic acids is 1. The fourth-order valence-corrected chi connectivity index (χ4v) is 3.36. The average molecular weight is 334 g/mol. The summed E-state index contributed by atoms with van der Waals surface area (Å²) in [6, 6.07) is 5.40. The zero-order valence-electron chi connectivity index (χ0n) is 9.06. The van der Waals surface area contributed by atoms with Crippen molar-refractivity contribution in [1.82, 2.24) is 4.90 Å². The Morgan fingerprint density at radius 2 is 2.00 bits per heavy atom. The molecule has 0 radical (unpaired) electrons. The number of nitrogens with zero attached hydrogens (tertiary/aromatic N) is 1. The van der Waals surface area contributed by atoms with E-state index < -0.39 is 10.8 Å². The fraction of sp³-hybridized carbons (Fsp3) is 0.364. The summed E-state index contributed by atoms with van der Waals surface area (Å²) in [6.45, 7) is 1.13. The van der Waals surface area contributed by atoms with Crippen LogP contribution in [0.3, 0.4) is 0 Å². The highest BCUT2D eigenvalue weighted by molar-refractivity contribution is 9.10. The van der Waals surface area contributed by atoms with E-state index in [0.29, 0.717) is 30.2 Å². The van der Waals surface area contributed by atoms with Crippen molar-refractivity contribution in [3.05, 3.63) is 28.2 Å². The molecule has 3 nitrogen and oxygen atoms in total. The van der Waals surface area contributed by atoms with E-state index in [2.05, 4.69) is 28.6 Å². The summed E-state index contributed by atoms with van der Waals surface area (Å²) in [4.78, 5) is 14.7. The molecular weight excluding hydrogens is 322 g/mol. The van der Waals surface area contributed by atoms with E-state index in [1.54, 1.807) is 11.0 Å². The molecule has 6 heteroatoms. The van der Waals surface area contributed by atoms with Crippen molar-refractivity contribution in [2.24, 2.45) is 0 Å². The van der Waals surface area contributed by atoms with Crippen LogP contribution in [-0.4, -0.2) is 39.6 Å². The Morgan fingerprint density at radius 3 is 2.65 bits per heavy atom. The van der Waals surface area contributed by atoms with Crippen molar-refractivity contribution in [1.29, 1.82) is 0 Å². The van der Waals surface area contributed by atoms with Gasteiger partial charge in [-0.05, 0) is 34.1 Å². The molecular formula is C11H12BrNO2S2. The van der Waals surface area contributed by atoms with E-state index in [1.807, 2.05) is 12.1 Å². The molecule has 0 bridgehead atoms. The quantitative estimate of drug-likeness (QED) is 0.797. The Labute approximate surface area is 117 Å². The van der Waals surface area contributed by atoms with E-state index in [-0.39, 0.29) is 5.91 Å². The summed E-state index contributed by atoms with van der Waals surface area (Å²) in [7, 11) is -0.764. The second-order valence-corrected chi connectivity index (χ2v) is 6.87. The minimum atomic E-state index is -0.764. The minimum Gasteiger partial charge on any atom is -0.337 e. The zero-order valence-corrected chi connectivity index (χ0v) is 12.4. The molecule has 1 heterocycles. The van der Waals surface area contributed by atoms with Crippen LogP contribution >= 0.6 is 28.6 Å². The summed E-state index contributed by atoms with van der Waals surface area (Å²) in [5.41, 5.74) is 0.616. The van der Waals surface area contributed by atoms with Gasteiger partial charge in [0.2, 0.25) is 0 Å². The summed E-state index contributed by atoms with van der Waals surface area (Å²) in [6.07, 6.45) is 0. The number of hydrogen-bond acceptors (Lipinski definition) is 3. The van der Waals surface area contributed by atoms with E-state index >= 15 is 0 Å². The number of benzene rings is 1. The van der Waals surface area contributed by atoms with E-state index in [0.717, 1.165) is 9.37 Å². The number of halogens is 1. The first kappa shape index (κ1) is 13.1. The van der Waals surface area contributed by atoms with Gasteiger partial charge in [-0.1, -0.05) is 0 Å². The average Bonchev–Trinajstić information content (AvgIpc) is 2.32. The molecule has 17 heavy (non-hydrogen) atoms. The molecule has 1 aromatic carbocycles. The second kappa shape index (κ2) is 5.54. The molecule has 1 fully saturated rings. The fourth-order valence-electron chi connectivity index (χ4n) is 1.69. The first-order valence-electron chi connectivity index (χ1n) is 5.20. The molecule has 0 atom stereocenters. The van der Waals surface area contributed by atoms with Gasteiger partial charge in [0.25, 0.3) is 5.91 Å². The maximum atomic E-state index is 12.2. The summed E-state index contributed by atoms with van der Waals surface area (Å²) in [5, 5.41) is 0. The van der Waals surface area contributed by atoms with Crippen molar-refractivity contribution in [3.8, 4) is 0 Å². The van der Waals surface area contributed by atoms with Gasteiger partial charge in [-0.25, -0.2) is 0 Å². The molecule has 2 rings (SSSR count). The van der Waals surface area contributed by atoms with Gasteiger partial charge in [0.05, 0.1) is 5.56 Å². The lowest BCUT2D eigenvalue weighted by Gasteiger charge is -2.26. The molecule has 0 unspecified atom stereocenters. The second-order valence-electron chi connectivity index (χ2n) is 3.80.